The number of nitrogens with zero attached hydrogens (tertiary/aromatic N) is 1. The van der Waals surface area contributed by atoms with Gasteiger partial charge >= 0.3 is 0 Å². The molecule has 0 amide bonds. The van der Waals surface area contributed by atoms with E-state index in [1.807, 2.05) is 44.2 Å². The summed E-state index contributed by atoms with van der Waals surface area (Å²) in [5.74, 6) is 6.31. The lowest BCUT2D eigenvalue weighted by Gasteiger charge is -2.21. The highest BCUT2D eigenvalue weighted by Crippen LogP contribution is 2.11. The number of para-hydroxylation sites is 1. The van der Waals surface area contributed by atoms with Gasteiger partial charge in [0.2, 0.25) is 0 Å². The van der Waals surface area contributed by atoms with Gasteiger partial charge in [-0.15, -0.1) is 12.4 Å². The summed E-state index contributed by atoms with van der Waals surface area (Å²) in [4.78, 5) is 0. The van der Waals surface area contributed by atoms with Gasteiger partial charge in [0, 0.05) is 5.92 Å². The van der Waals surface area contributed by atoms with Gasteiger partial charge in [-0.1, -0.05) is 32.0 Å². The third-order valence-electron chi connectivity index (χ3n) is 1.84. The first kappa shape index (κ1) is 12.9. The molecule has 3 nitrogen and oxygen atoms in total. The van der Waals surface area contributed by atoms with E-state index < -0.39 is 0 Å². The van der Waals surface area contributed by atoms with Crippen molar-refractivity contribution < 1.29 is 0 Å². The van der Waals surface area contributed by atoms with E-state index in [0.29, 0.717) is 5.84 Å². The Kier molecular flexibility index (Phi) is 5.20. The molecule has 78 valence electrons. The molecule has 0 aromatic heterocycles. The van der Waals surface area contributed by atoms with Crippen molar-refractivity contribution in [3.63, 3.8) is 0 Å². The van der Waals surface area contributed by atoms with E-state index in [-0.39, 0.29) is 18.3 Å². The third kappa shape index (κ3) is 3.01. The fourth-order valence-electron chi connectivity index (χ4n) is 1.01. The minimum Gasteiger partial charge on any atom is -0.287 e. The number of hydrogen-bond acceptors (Lipinski definition) is 2. The van der Waals surface area contributed by atoms with Crippen LogP contribution in [0.2, 0.25) is 0 Å². The van der Waals surface area contributed by atoms with Crippen LogP contribution in [-0.2, 0) is 0 Å². The zero-order valence-corrected chi connectivity index (χ0v) is 9.21. The van der Waals surface area contributed by atoms with Crippen molar-refractivity contribution >= 4 is 23.9 Å². The van der Waals surface area contributed by atoms with Gasteiger partial charge in [0.25, 0.3) is 0 Å². The van der Waals surface area contributed by atoms with Crippen LogP contribution < -0.4 is 10.9 Å². The lowest BCUT2D eigenvalue weighted by Crippen LogP contribution is -2.39. The zero-order chi connectivity index (χ0) is 9.84. The molecule has 0 aliphatic carbocycles. The number of hydrazine groups is 1. The van der Waals surface area contributed by atoms with Crippen molar-refractivity contribution in [1.82, 2.24) is 0 Å². The first-order valence-electron chi connectivity index (χ1n) is 4.31. The molecule has 1 aromatic carbocycles. The fraction of sp³-hybridized carbons (Fsp3) is 0.300. The Labute approximate surface area is 90.8 Å². The van der Waals surface area contributed by atoms with Gasteiger partial charge in [-0.25, -0.2) is 5.84 Å². The summed E-state index contributed by atoms with van der Waals surface area (Å²) >= 11 is 0. The maximum Gasteiger partial charge on any atom is 0.117 e. The molecule has 1 rings (SSSR count). The van der Waals surface area contributed by atoms with Crippen LogP contribution in [0, 0.1) is 11.3 Å². The van der Waals surface area contributed by atoms with Gasteiger partial charge in [0.05, 0.1) is 5.69 Å². The number of halogens is 1. The Morgan fingerprint density at radius 3 is 2.21 bits per heavy atom. The third-order valence-corrected chi connectivity index (χ3v) is 1.84. The lowest BCUT2D eigenvalue weighted by atomic mass is 10.2. The lowest BCUT2D eigenvalue weighted by molar-refractivity contribution is 0.837. The van der Waals surface area contributed by atoms with Crippen LogP contribution in [0.4, 0.5) is 5.69 Å². The molecule has 0 bridgehead atoms. The van der Waals surface area contributed by atoms with Gasteiger partial charge in [0.15, 0.2) is 0 Å². The van der Waals surface area contributed by atoms with E-state index in [9.17, 15) is 0 Å². The molecule has 0 unspecified atom stereocenters. The summed E-state index contributed by atoms with van der Waals surface area (Å²) in [6.07, 6.45) is 0. The molecule has 0 aliphatic heterocycles. The number of nitrogens with two attached hydrogens (primary N) is 1. The summed E-state index contributed by atoms with van der Waals surface area (Å²) in [6, 6.07) is 9.51. The normalized spacial score (nSPS) is 9.43. The second-order valence-electron chi connectivity index (χ2n) is 3.25. The molecular formula is C10H16ClN3. The highest BCUT2D eigenvalue weighted by molar-refractivity contribution is 5.95. The minimum absolute atomic E-state index is 0. The average Bonchev–Trinajstić information content (AvgIpc) is 2.17. The zero-order valence-electron chi connectivity index (χ0n) is 8.40. The number of anilines is 1. The molecule has 14 heavy (non-hydrogen) atoms. The first-order valence-corrected chi connectivity index (χ1v) is 4.31. The molecule has 3 N–H and O–H groups in total. The number of nitrogens with one attached hydrogen (secondary N) is 1. The van der Waals surface area contributed by atoms with Crippen molar-refractivity contribution in [2.75, 3.05) is 5.01 Å². The Bertz CT molecular complexity index is 285. The Balaban J connectivity index is 0.00000169. The van der Waals surface area contributed by atoms with Crippen LogP contribution >= 0.6 is 12.4 Å². The number of hydrogen-bond donors (Lipinski definition) is 2. The van der Waals surface area contributed by atoms with Crippen LogP contribution in [0.15, 0.2) is 30.3 Å². The number of benzene rings is 1. The minimum atomic E-state index is 0. The smallest absolute Gasteiger partial charge is 0.117 e. The number of rotatable bonds is 2. The van der Waals surface area contributed by atoms with E-state index in [4.69, 9.17) is 11.3 Å². The maximum absolute atomic E-state index is 7.69. The van der Waals surface area contributed by atoms with Crippen molar-refractivity contribution in [2.45, 2.75) is 13.8 Å². The van der Waals surface area contributed by atoms with E-state index in [2.05, 4.69) is 0 Å². The van der Waals surface area contributed by atoms with E-state index in [1.165, 1.54) is 5.01 Å². The quantitative estimate of drug-likeness (QED) is 0.343. The molecule has 0 aliphatic rings. The summed E-state index contributed by atoms with van der Waals surface area (Å²) < 4.78 is 0. The van der Waals surface area contributed by atoms with Crippen LogP contribution in [0.1, 0.15) is 13.8 Å². The van der Waals surface area contributed by atoms with E-state index in [0.717, 1.165) is 5.69 Å². The van der Waals surface area contributed by atoms with Crippen molar-refractivity contribution in [1.29, 1.82) is 5.41 Å². The molecule has 0 radical (unpaired) electrons. The van der Waals surface area contributed by atoms with Crippen molar-refractivity contribution in [3.8, 4) is 0 Å². The Hall–Kier alpha value is -1.06. The summed E-state index contributed by atoms with van der Waals surface area (Å²) in [6.45, 7) is 3.90. The molecule has 0 fully saturated rings. The molecule has 0 heterocycles. The topological polar surface area (TPSA) is 53.1 Å². The summed E-state index contributed by atoms with van der Waals surface area (Å²) in [5.41, 5.74) is 0.848. The summed E-state index contributed by atoms with van der Waals surface area (Å²) in [7, 11) is 0. The molecule has 0 saturated heterocycles. The second kappa shape index (κ2) is 5.62. The molecule has 0 saturated carbocycles. The van der Waals surface area contributed by atoms with Gasteiger partial charge < -0.3 is 0 Å². The van der Waals surface area contributed by atoms with Gasteiger partial charge in [0.1, 0.15) is 5.84 Å². The maximum atomic E-state index is 7.69. The van der Waals surface area contributed by atoms with Crippen molar-refractivity contribution in [3.05, 3.63) is 30.3 Å². The predicted octanol–water partition coefficient (Wildman–Crippen LogP) is 2.42. The van der Waals surface area contributed by atoms with Gasteiger partial charge in [-0.2, -0.15) is 0 Å². The largest absolute Gasteiger partial charge is 0.287 e. The average molecular weight is 214 g/mol. The SMILES string of the molecule is CC(C)C(=N)N(N)c1ccccc1.Cl. The monoisotopic (exact) mass is 213 g/mol. The van der Waals surface area contributed by atoms with E-state index >= 15 is 0 Å². The van der Waals surface area contributed by atoms with Crippen LogP contribution in [0.3, 0.4) is 0 Å². The van der Waals surface area contributed by atoms with Gasteiger partial charge in [-0.3, -0.25) is 10.4 Å². The second-order valence-corrected chi connectivity index (χ2v) is 3.25. The van der Waals surface area contributed by atoms with Crippen molar-refractivity contribution in [2.24, 2.45) is 11.8 Å². The molecule has 0 spiro atoms. The Morgan fingerprint density at radius 2 is 1.79 bits per heavy atom. The highest BCUT2D eigenvalue weighted by Gasteiger charge is 2.10. The predicted molar refractivity (Wildman–Crippen MR) is 62.9 cm³/mol. The van der Waals surface area contributed by atoms with Crippen LogP contribution in [0.25, 0.3) is 0 Å². The van der Waals surface area contributed by atoms with Crippen LogP contribution in [-0.4, -0.2) is 5.84 Å². The molecule has 4 heteroatoms. The Morgan fingerprint density at radius 1 is 1.29 bits per heavy atom. The highest BCUT2D eigenvalue weighted by atomic mass is 35.5. The standard InChI is InChI=1S/C10H15N3.ClH/c1-8(2)10(11)13(12)9-6-4-3-5-7-9;/h3-8,11H,12H2,1-2H3;1H. The first-order chi connectivity index (χ1) is 6.13. The van der Waals surface area contributed by atoms with Gasteiger partial charge in [-0.05, 0) is 12.1 Å². The molecular weight excluding hydrogens is 198 g/mol. The number of amidine groups is 1. The molecule has 0 atom stereocenters. The summed E-state index contributed by atoms with van der Waals surface area (Å²) in [5, 5.41) is 9.10. The fourth-order valence-corrected chi connectivity index (χ4v) is 1.01. The molecule has 1 aromatic rings. The van der Waals surface area contributed by atoms with E-state index in [1.54, 1.807) is 0 Å². The van der Waals surface area contributed by atoms with Crippen LogP contribution in [0.5, 0.6) is 0 Å².